The Morgan fingerprint density at radius 3 is 1.77 bits per heavy atom. The van der Waals surface area contributed by atoms with Crippen LogP contribution in [0.4, 0.5) is 0 Å². The van der Waals surface area contributed by atoms with Crippen LogP contribution in [0.3, 0.4) is 0 Å². The van der Waals surface area contributed by atoms with Crippen molar-refractivity contribution in [2.45, 2.75) is 27.1 Å². The smallest absolute Gasteiger partial charge is 0.0814 e. The number of alkyl halides is 2. The van der Waals surface area contributed by atoms with Gasteiger partial charge in [-0.05, 0) is 12.8 Å². The normalized spacial score (nSPS) is 24.9. The first-order valence-corrected chi connectivity index (χ1v) is 6.52. The van der Waals surface area contributed by atoms with Crippen molar-refractivity contribution in [1.82, 2.24) is 0 Å². The summed E-state index contributed by atoms with van der Waals surface area (Å²) >= 11 is 5.06. The van der Waals surface area contributed by atoms with E-state index in [-0.39, 0.29) is 27.9 Å². The molecule has 1 aliphatic carbocycles. The Labute approximate surface area is 122 Å². The van der Waals surface area contributed by atoms with Crippen molar-refractivity contribution in [3.8, 4) is 0 Å². The van der Waals surface area contributed by atoms with E-state index in [4.69, 9.17) is 11.5 Å². The molecule has 0 spiro atoms. The number of hydrogen-bond donors (Lipinski definition) is 2. The average molecular weight is 589 g/mol. The second-order valence-corrected chi connectivity index (χ2v) is 9.35. The quantitative estimate of drug-likeness (QED) is 0.383. The molecule has 1 aliphatic rings. The van der Waals surface area contributed by atoms with Crippen LogP contribution in [0.2, 0.25) is 0 Å². The van der Waals surface area contributed by atoms with Crippen LogP contribution in [0.15, 0.2) is 0 Å². The number of nitrogens with two attached hydrogens (primary N) is 2. The van der Waals surface area contributed by atoms with Gasteiger partial charge >= 0.3 is 0 Å². The monoisotopic (exact) mass is 589 g/mol. The number of hydrogen-bond acceptors (Lipinski definition) is 2. The zero-order chi connectivity index (χ0) is 9.24. The van der Waals surface area contributed by atoms with Crippen LogP contribution in [-0.2, 0) is 21.1 Å². The van der Waals surface area contributed by atoms with Gasteiger partial charge in [0.15, 0.2) is 0 Å². The maximum atomic E-state index is 5.83. The SMILES string of the molecule is NCC1(CN)CCCCC1(I)I.[Pt]. The largest absolute Gasteiger partial charge is 0.330 e. The molecule has 0 heterocycles. The molecule has 0 aromatic rings. The molecule has 0 aromatic heterocycles. The Kier molecular flexibility index (Phi) is 6.91. The van der Waals surface area contributed by atoms with Crippen LogP contribution in [0.5, 0.6) is 0 Å². The van der Waals surface area contributed by atoms with E-state index in [1.807, 2.05) is 0 Å². The van der Waals surface area contributed by atoms with Crippen molar-refractivity contribution in [2.75, 3.05) is 13.1 Å². The Hall–Kier alpha value is 2.07. The molecule has 0 unspecified atom stereocenters. The maximum Gasteiger partial charge on any atom is 0.0814 e. The molecule has 0 atom stereocenters. The predicted molar refractivity (Wildman–Crippen MR) is 69.8 cm³/mol. The van der Waals surface area contributed by atoms with Gasteiger partial charge in [-0.1, -0.05) is 58.0 Å². The molecule has 1 rings (SSSR count). The van der Waals surface area contributed by atoms with Gasteiger partial charge in [-0.15, -0.1) is 0 Å². The first-order valence-electron chi connectivity index (χ1n) is 4.36. The van der Waals surface area contributed by atoms with Gasteiger partial charge < -0.3 is 11.5 Å². The fourth-order valence-electron chi connectivity index (χ4n) is 1.84. The summed E-state index contributed by atoms with van der Waals surface area (Å²) < 4.78 is 0.282. The van der Waals surface area contributed by atoms with Gasteiger partial charge in [0.2, 0.25) is 0 Å². The summed E-state index contributed by atoms with van der Waals surface area (Å²) in [5, 5.41) is 0. The average Bonchev–Trinajstić information content (AvgIpc) is 2.05. The first kappa shape index (κ1) is 15.1. The molecule has 0 aromatic carbocycles. The van der Waals surface area contributed by atoms with Crippen LogP contribution in [-0.4, -0.2) is 14.5 Å². The van der Waals surface area contributed by atoms with Crippen molar-refractivity contribution in [3.05, 3.63) is 0 Å². The van der Waals surface area contributed by atoms with Crippen molar-refractivity contribution in [3.63, 3.8) is 0 Å². The van der Waals surface area contributed by atoms with Crippen LogP contribution < -0.4 is 11.5 Å². The third-order valence-corrected chi connectivity index (χ3v) is 6.32. The molecule has 13 heavy (non-hydrogen) atoms. The van der Waals surface area contributed by atoms with Crippen molar-refractivity contribution in [1.29, 1.82) is 0 Å². The summed E-state index contributed by atoms with van der Waals surface area (Å²) in [6.07, 6.45) is 5.07. The Morgan fingerprint density at radius 2 is 1.46 bits per heavy atom. The summed E-state index contributed by atoms with van der Waals surface area (Å²) in [6, 6.07) is 0. The zero-order valence-electron chi connectivity index (χ0n) is 7.47. The zero-order valence-corrected chi connectivity index (χ0v) is 14.1. The third-order valence-electron chi connectivity index (χ3n) is 2.95. The van der Waals surface area contributed by atoms with Crippen LogP contribution in [0.25, 0.3) is 0 Å². The maximum absolute atomic E-state index is 5.83. The molecule has 4 N–H and O–H groups in total. The van der Waals surface area contributed by atoms with E-state index in [1.54, 1.807) is 0 Å². The fraction of sp³-hybridized carbons (Fsp3) is 1.00. The van der Waals surface area contributed by atoms with Gasteiger partial charge in [-0.25, -0.2) is 0 Å². The van der Waals surface area contributed by atoms with Gasteiger partial charge in [0, 0.05) is 39.6 Å². The standard InChI is InChI=1S/C8H16I2N2.Pt/c9-8(10)4-2-1-3-7(8,5-11)6-12;/h1-6,11-12H2;. The van der Waals surface area contributed by atoms with Gasteiger partial charge in [-0.3, -0.25) is 0 Å². The van der Waals surface area contributed by atoms with Gasteiger partial charge in [0.1, 0.15) is 0 Å². The predicted octanol–water partition coefficient (Wildman–Crippen LogP) is 2.03. The van der Waals surface area contributed by atoms with Crippen molar-refractivity contribution < 1.29 is 21.1 Å². The molecule has 82 valence electrons. The molecule has 1 saturated carbocycles. The minimum absolute atomic E-state index is 0. The van der Waals surface area contributed by atoms with Gasteiger partial charge in [0.05, 0.1) is 1.43 Å². The minimum Gasteiger partial charge on any atom is -0.330 e. The van der Waals surface area contributed by atoms with Crippen LogP contribution in [0, 0.1) is 5.41 Å². The molecular formula is C8H16I2N2Pt. The summed E-state index contributed by atoms with van der Waals surface area (Å²) in [5.74, 6) is 0. The van der Waals surface area contributed by atoms with Gasteiger partial charge in [0.25, 0.3) is 0 Å². The molecular weight excluding hydrogens is 573 g/mol. The topological polar surface area (TPSA) is 52.0 Å². The van der Waals surface area contributed by atoms with Crippen molar-refractivity contribution >= 4 is 45.2 Å². The number of rotatable bonds is 2. The molecule has 2 nitrogen and oxygen atoms in total. The fourth-order valence-corrected chi connectivity index (χ4v) is 4.03. The Bertz CT molecular complexity index is 160. The van der Waals surface area contributed by atoms with E-state index >= 15 is 0 Å². The van der Waals surface area contributed by atoms with Gasteiger partial charge in [-0.2, -0.15) is 0 Å². The molecule has 1 fully saturated rings. The van der Waals surface area contributed by atoms with E-state index in [9.17, 15) is 0 Å². The van der Waals surface area contributed by atoms with Crippen molar-refractivity contribution in [2.24, 2.45) is 16.9 Å². The molecule has 0 aliphatic heterocycles. The molecule has 0 radical (unpaired) electrons. The molecule has 5 heteroatoms. The summed E-state index contributed by atoms with van der Waals surface area (Å²) in [6.45, 7) is 1.46. The summed E-state index contributed by atoms with van der Waals surface area (Å²) in [4.78, 5) is 0. The van der Waals surface area contributed by atoms with E-state index < -0.39 is 0 Å². The second kappa shape index (κ2) is 5.97. The first-order chi connectivity index (χ1) is 5.58. The Morgan fingerprint density at radius 1 is 1.00 bits per heavy atom. The van der Waals surface area contributed by atoms with Crippen LogP contribution in [0.1, 0.15) is 25.7 Å². The molecule has 0 bridgehead atoms. The van der Waals surface area contributed by atoms with E-state index in [2.05, 4.69) is 45.2 Å². The van der Waals surface area contributed by atoms with E-state index in [0.717, 1.165) is 13.1 Å². The van der Waals surface area contributed by atoms with E-state index in [1.165, 1.54) is 25.7 Å². The second-order valence-electron chi connectivity index (χ2n) is 3.60. The molecule has 0 saturated heterocycles. The van der Waals surface area contributed by atoms with Crippen LogP contribution >= 0.6 is 45.2 Å². The number of halogens is 2. The minimum atomic E-state index is 0. The summed E-state index contributed by atoms with van der Waals surface area (Å²) in [5.41, 5.74) is 11.9. The van der Waals surface area contributed by atoms with E-state index in [0.29, 0.717) is 0 Å². The Balaban J connectivity index is 0.00000144. The summed E-state index contributed by atoms with van der Waals surface area (Å²) in [7, 11) is 0. The molecule has 0 amide bonds. The third kappa shape index (κ3) is 3.02.